The van der Waals surface area contributed by atoms with Crippen LogP contribution in [0, 0.1) is 0 Å². The summed E-state index contributed by atoms with van der Waals surface area (Å²) in [5, 5.41) is 6.21. The topological polar surface area (TPSA) is 68.5 Å². The predicted octanol–water partition coefficient (Wildman–Crippen LogP) is 3.77. The number of allylic oxidation sites excluding steroid dienone is 1. The van der Waals surface area contributed by atoms with Gasteiger partial charge in [0.15, 0.2) is 0 Å². The number of rotatable bonds is 0. The molecule has 24 heavy (non-hydrogen) atoms. The van der Waals surface area contributed by atoms with Gasteiger partial charge in [0.25, 0.3) is 17.6 Å². The molecule has 124 valence electrons. The molecule has 0 saturated carbocycles. The Hall–Kier alpha value is -2.09. The third-order valence-electron chi connectivity index (χ3n) is 3.81. The van der Waals surface area contributed by atoms with Crippen LogP contribution in [-0.2, 0) is 21.3 Å². The van der Waals surface area contributed by atoms with Crippen molar-refractivity contribution in [3.05, 3.63) is 52.9 Å². The largest absolute Gasteiger partial charge is 0.722 e. The molecule has 0 fully saturated rings. The number of hydrogen-bond acceptors (Lipinski definition) is 4. The molecular weight excluding hydrogens is 351 g/mol. The molecule has 0 amide bonds. The number of ketones is 1. The van der Waals surface area contributed by atoms with Crippen LogP contribution in [-0.4, -0.2) is 25.9 Å². The van der Waals surface area contributed by atoms with Gasteiger partial charge in [-0.15, -0.1) is 15.2 Å². The molecule has 0 atom stereocenters. The summed E-state index contributed by atoms with van der Waals surface area (Å²) in [5.41, 5.74) is 2.71. The lowest BCUT2D eigenvalue weighted by molar-refractivity contribution is -0.420. The molecule has 0 spiro atoms. The zero-order valence-electron chi connectivity index (χ0n) is 12.7. The second kappa shape index (κ2) is 6.43. The summed E-state index contributed by atoms with van der Waals surface area (Å²) >= 11 is 1.82. The smallest absolute Gasteiger partial charge is 0.323 e. The fourth-order valence-electron chi connectivity index (χ4n) is 2.82. The van der Waals surface area contributed by atoms with Crippen LogP contribution in [0.5, 0.6) is 0 Å². The molecule has 0 bridgehead atoms. The number of thiophene rings is 1. The van der Waals surface area contributed by atoms with E-state index >= 15 is 0 Å². The van der Waals surface area contributed by atoms with Gasteiger partial charge in [0.1, 0.15) is 0 Å². The number of carbonyl (C=O) groups excluding carboxylic acids is 1. The Labute approximate surface area is 142 Å². The minimum atomic E-state index is -5.42. The van der Waals surface area contributed by atoms with E-state index in [1.807, 2.05) is 11.3 Å². The van der Waals surface area contributed by atoms with Crippen LogP contribution in [0.3, 0.4) is 0 Å². The molecule has 4 rings (SSSR count). The van der Waals surface area contributed by atoms with Gasteiger partial charge >= 0.3 is 5.78 Å². The van der Waals surface area contributed by atoms with Crippen LogP contribution in [0.4, 0.5) is 3.89 Å². The number of halogens is 1. The number of benzene rings is 2. The lowest BCUT2D eigenvalue weighted by atomic mass is 9.91. The van der Waals surface area contributed by atoms with Crippen LogP contribution < -0.4 is 0 Å². The van der Waals surface area contributed by atoms with Crippen molar-refractivity contribution in [2.75, 3.05) is 7.11 Å². The van der Waals surface area contributed by atoms with E-state index in [1.165, 1.54) is 32.0 Å². The molecule has 1 aliphatic carbocycles. The highest BCUT2D eigenvalue weighted by atomic mass is 32.3. The normalized spacial score (nSPS) is 15.4. The van der Waals surface area contributed by atoms with Crippen LogP contribution in [0.2, 0.25) is 0 Å². The van der Waals surface area contributed by atoms with Gasteiger partial charge in [-0.3, -0.25) is 4.42 Å². The second-order valence-corrected chi connectivity index (χ2v) is 6.91. The van der Waals surface area contributed by atoms with E-state index < -0.39 is 10.5 Å². The summed E-state index contributed by atoms with van der Waals surface area (Å²) in [5.74, 6) is 1.04. The van der Waals surface area contributed by atoms with Crippen LogP contribution >= 0.6 is 11.3 Å². The summed E-state index contributed by atoms with van der Waals surface area (Å²) in [6.45, 7) is 0. The first-order valence-corrected chi connectivity index (χ1v) is 9.21. The van der Waals surface area contributed by atoms with Crippen LogP contribution in [0.1, 0.15) is 11.1 Å². The van der Waals surface area contributed by atoms with Gasteiger partial charge in [0, 0.05) is 16.2 Å². The first-order chi connectivity index (χ1) is 11.4. The first-order valence-electron chi connectivity index (χ1n) is 7.02. The lowest BCUT2D eigenvalue weighted by Crippen LogP contribution is -2.08. The number of hydrogen-bond donors (Lipinski definition) is 0. The Balaban J connectivity index is 0.000000300. The van der Waals surface area contributed by atoms with Crippen molar-refractivity contribution in [2.45, 2.75) is 6.42 Å². The fraction of sp³-hybridized carbons (Fsp3) is 0.118. The van der Waals surface area contributed by atoms with E-state index in [0.717, 1.165) is 12.2 Å². The maximum atomic E-state index is 10.1. The van der Waals surface area contributed by atoms with E-state index in [4.69, 9.17) is 17.4 Å². The monoisotopic (exact) mass is 364 g/mol. The van der Waals surface area contributed by atoms with E-state index in [-0.39, 0.29) is 0 Å². The van der Waals surface area contributed by atoms with Gasteiger partial charge in [-0.2, -0.15) is 0 Å². The molecular formula is C17H13FO4S2. The Morgan fingerprint density at radius 2 is 1.79 bits per heavy atom. The number of fused-ring (bicyclic) bond motifs is 5. The summed E-state index contributed by atoms with van der Waals surface area (Å²) in [6, 6.07) is 11.0. The molecule has 0 saturated heterocycles. The van der Waals surface area contributed by atoms with E-state index in [9.17, 15) is 3.89 Å². The Morgan fingerprint density at radius 1 is 1.12 bits per heavy atom. The van der Waals surface area contributed by atoms with Crippen molar-refractivity contribution in [1.29, 1.82) is 0 Å². The maximum Gasteiger partial charge on any atom is 0.323 e. The Kier molecular flexibility index (Phi) is 4.49. The maximum absolute atomic E-state index is 10.1. The molecule has 4 nitrogen and oxygen atoms in total. The van der Waals surface area contributed by atoms with Gasteiger partial charge in [-0.05, 0) is 39.4 Å². The second-order valence-electron chi connectivity index (χ2n) is 5.21. The zero-order chi connectivity index (χ0) is 17.3. The van der Waals surface area contributed by atoms with Crippen molar-refractivity contribution in [3.63, 3.8) is 0 Å². The zero-order valence-corrected chi connectivity index (χ0v) is 14.3. The van der Waals surface area contributed by atoms with Gasteiger partial charge in [-0.25, -0.2) is 8.42 Å². The van der Waals surface area contributed by atoms with E-state index in [2.05, 4.69) is 47.9 Å². The predicted molar refractivity (Wildman–Crippen MR) is 93.8 cm³/mol. The minimum Gasteiger partial charge on any atom is -0.722 e. The average Bonchev–Trinajstić information content (AvgIpc) is 3.00. The molecule has 0 unspecified atom stereocenters. The molecule has 0 radical (unpaired) electrons. The molecule has 1 aromatic heterocycles. The van der Waals surface area contributed by atoms with Crippen molar-refractivity contribution in [2.24, 2.45) is 0 Å². The quantitative estimate of drug-likeness (QED) is 0.346. The molecule has 7 heteroatoms. The highest BCUT2D eigenvalue weighted by molar-refractivity contribution is 7.80. The fourth-order valence-corrected chi connectivity index (χ4v) is 3.81. The Morgan fingerprint density at radius 3 is 2.50 bits per heavy atom. The van der Waals surface area contributed by atoms with E-state index in [1.54, 1.807) is 7.11 Å². The van der Waals surface area contributed by atoms with Crippen molar-refractivity contribution < 1.29 is 21.3 Å². The molecule has 2 aromatic carbocycles. The molecule has 1 aliphatic rings. The summed E-state index contributed by atoms with van der Waals surface area (Å²) < 4.78 is 42.1. The Bertz CT molecular complexity index is 1070. The van der Waals surface area contributed by atoms with Gasteiger partial charge in [0.05, 0.1) is 6.42 Å². The highest BCUT2D eigenvalue weighted by Crippen LogP contribution is 2.35. The molecule has 0 N–H and O–H groups in total. The molecule has 3 aromatic rings. The summed E-state index contributed by atoms with van der Waals surface area (Å²) in [6.07, 6.45) is 5.11. The van der Waals surface area contributed by atoms with Crippen LogP contribution in [0.15, 0.2) is 41.8 Å². The lowest BCUT2D eigenvalue weighted by Gasteiger charge is -2.12. The third-order valence-corrected chi connectivity index (χ3v) is 4.76. The van der Waals surface area contributed by atoms with Gasteiger partial charge < -0.3 is 4.55 Å². The standard InChI is InChI=1S/C17H13OS.FHO3S/c1-18-14-7-6-11-2-3-12-4-5-13-8-9-19-17(13)16(12)15(11)10-14;1-5(2,3)4/h2-9H,10H2,1H3;(H,2,3,4)/q+1;/p-1. The highest BCUT2D eigenvalue weighted by Gasteiger charge is 2.19. The molecule has 0 aliphatic heterocycles. The summed E-state index contributed by atoms with van der Waals surface area (Å²) in [4.78, 5) is 0. The third kappa shape index (κ3) is 3.53. The molecule has 1 heterocycles. The van der Waals surface area contributed by atoms with Crippen molar-refractivity contribution in [3.8, 4) is 0 Å². The SMILES string of the molecule is C[O+]=C1C=Cc2ccc3ccc4ccsc4c3c2C1.O=S(=O)([O-])F. The van der Waals surface area contributed by atoms with Crippen molar-refractivity contribution in [1.82, 2.24) is 0 Å². The van der Waals surface area contributed by atoms with Gasteiger partial charge in [-0.1, -0.05) is 24.3 Å². The first kappa shape index (κ1) is 16.8. The van der Waals surface area contributed by atoms with Crippen LogP contribution in [0.25, 0.3) is 26.9 Å². The minimum absolute atomic E-state index is 0.886. The van der Waals surface area contributed by atoms with E-state index in [0.29, 0.717) is 0 Å². The average molecular weight is 364 g/mol. The summed E-state index contributed by atoms with van der Waals surface area (Å²) in [7, 11) is -3.67. The van der Waals surface area contributed by atoms with Crippen molar-refractivity contribution >= 4 is 54.6 Å². The van der Waals surface area contributed by atoms with Gasteiger partial charge in [0.2, 0.25) is 0 Å².